The molecule has 2 heterocycles. The molecule has 1 aromatic carbocycles. The van der Waals surface area contributed by atoms with Crippen molar-refractivity contribution in [1.82, 2.24) is 20.5 Å². The minimum absolute atomic E-state index is 0.194. The number of carbonyl (C=O) groups is 4. The number of rotatable bonds is 6. The van der Waals surface area contributed by atoms with Gasteiger partial charge in [-0.1, -0.05) is 57.5 Å². The Hall–Kier alpha value is -3.99. The Morgan fingerprint density at radius 1 is 1.15 bits per heavy atom. The second-order valence-electron chi connectivity index (χ2n) is 10.3. The van der Waals surface area contributed by atoms with Crippen molar-refractivity contribution in [3.05, 3.63) is 59.9 Å². The number of amides is 3. The lowest BCUT2D eigenvalue weighted by Gasteiger charge is -2.38. The number of carbonyl (C=O) groups excluding carboxylic acids is 4. The van der Waals surface area contributed by atoms with E-state index >= 15 is 0 Å². The Balaban J connectivity index is 2.04. The quantitative estimate of drug-likeness (QED) is 0.391. The number of likely N-dealkylation sites (N-methyl/N-ethyl adjacent to an activating group) is 1. The second-order valence-corrected chi connectivity index (χ2v) is 10.3. The highest BCUT2D eigenvalue weighted by Crippen LogP contribution is 2.23. The largest absolute Gasteiger partial charge is 0.505 e. The lowest BCUT2D eigenvalue weighted by atomic mass is 9.90. The third-order valence-corrected chi connectivity index (χ3v) is 7.47. The topological polar surface area (TPSA) is 158 Å². The SMILES string of the molecule is CCC(C)C1C(=O)O[C@H](C)[C@H](NC(=O)c2ncccc2O)C(=O)N[C@@H](Cc2ccccc2)[C@@H](O)[C@@H](C)C(=O)N1C. The van der Waals surface area contributed by atoms with Crippen molar-refractivity contribution in [3.8, 4) is 5.75 Å². The van der Waals surface area contributed by atoms with Gasteiger partial charge in [0.1, 0.15) is 23.9 Å². The molecule has 3 amide bonds. The Bertz CT molecular complexity index is 1210. The van der Waals surface area contributed by atoms with Crippen LogP contribution in [0.3, 0.4) is 0 Å². The van der Waals surface area contributed by atoms with Gasteiger partial charge in [-0.05, 0) is 37.0 Å². The highest BCUT2D eigenvalue weighted by molar-refractivity contribution is 5.98. The second kappa shape index (κ2) is 13.4. The predicted molar refractivity (Wildman–Crippen MR) is 146 cm³/mol. The molecular weight excluding hydrogens is 516 g/mol. The Morgan fingerprint density at radius 3 is 2.45 bits per heavy atom. The van der Waals surface area contributed by atoms with Crippen LogP contribution in [0.4, 0.5) is 0 Å². The molecule has 11 nitrogen and oxygen atoms in total. The molecule has 11 heteroatoms. The van der Waals surface area contributed by atoms with Crippen molar-refractivity contribution in [1.29, 1.82) is 0 Å². The van der Waals surface area contributed by atoms with Crippen LogP contribution in [0.15, 0.2) is 48.7 Å². The molecule has 1 aliphatic rings. The van der Waals surface area contributed by atoms with Gasteiger partial charge in [-0.25, -0.2) is 9.78 Å². The monoisotopic (exact) mass is 554 g/mol. The third-order valence-electron chi connectivity index (χ3n) is 7.47. The number of nitrogens with one attached hydrogen (secondary N) is 2. The molecule has 2 aromatic rings. The number of aromatic nitrogens is 1. The Labute approximate surface area is 233 Å². The summed E-state index contributed by atoms with van der Waals surface area (Å²) in [6, 6.07) is 8.56. The first kappa shape index (κ1) is 30.6. The lowest BCUT2D eigenvalue weighted by Crippen LogP contribution is -2.61. The fraction of sp³-hybridized carbons (Fsp3) is 0.483. The van der Waals surface area contributed by atoms with E-state index in [1.807, 2.05) is 37.3 Å². The van der Waals surface area contributed by atoms with Gasteiger partial charge in [-0.3, -0.25) is 14.4 Å². The fourth-order valence-electron chi connectivity index (χ4n) is 4.84. The van der Waals surface area contributed by atoms with Crippen LogP contribution < -0.4 is 10.6 Å². The molecule has 0 aliphatic carbocycles. The molecule has 0 bridgehead atoms. The van der Waals surface area contributed by atoms with Crippen LogP contribution in [-0.4, -0.2) is 81.2 Å². The van der Waals surface area contributed by atoms with Crippen molar-refractivity contribution in [3.63, 3.8) is 0 Å². The van der Waals surface area contributed by atoms with E-state index in [1.165, 1.54) is 37.2 Å². The fourth-order valence-corrected chi connectivity index (χ4v) is 4.84. The predicted octanol–water partition coefficient (Wildman–Crippen LogP) is 1.43. The number of cyclic esters (lactones) is 1. The van der Waals surface area contributed by atoms with Crippen molar-refractivity contribution in [2.45, 2.75) is 70.9 Å². The first-order valence-electron chi connectivity index (χ1n) is 13.4. The molecule has 1 aromatic heterocycles. The maximum Gasteiger partial charge on any atom is 0.329 e. The molecule has 216 valence electrons. The molecule has 0 radical (unpaired) electrons. The minimum Gasteiger partial charge on any atom is -0.505 e. The number of hydrogen-bond acceptors (Lipinski definition) is 8. The Kier molecular flexibility index (Phi) is 10.2. The van der Waals surface area contributed by atoms with Gasteiger partial charge in [0.25, 0.3) is 5.91 Å². The van der Waals surface area contributed by atoms with Gasteiger partial charge in [-0.2, -0.15) is 0 Å². The van der Waals surface area contributed by atoms with Gasteiger partial charge in [0.2, 0.25) is 11.8 Å². The van der Waals surface area contributed by atoms with Crippen LogP contribution >= 0.6 is 0 Å². The normalized spacial score (nSPS) is 27.1. The van der Waals surface area contributed by atoms with Crippen molar-refractivity contribution in [2.75, 3.05) is 7.05 Å². The molecule has 4 N–H and O–H groups in total. The molecule has 0 saturated carbocycles. The van der Waals surface area contributed by atoms with Gasteiger partial charge < -0.3 is 30.5 Å². The average Bonchev–Trinajstić information content (AvgIpc) is 2.94. The standard InChI is InChI=1S/C29H38N4O7/c1-6-16(2)24-29(39)40-18(4)22(32-27(37)23-21(34)13-10-14-30-23)26(36)31-20(15-19-11-8-7-9-12-19)25(35)17(3)28(38)33(24)5/h7-14,16-18,20,22,24-25,34-35H,6,15H2,1-5H3,(H,31,36)(H,32,37)/t16?,17-,18-,20+,22+,24?,25+/m1/s1. The summed E-state index contributed by atoms with van der Waals surface area (Å²) >= 11 is 0. The summed E-state index contributed by atoms with van der Waals surface area (Å²) in [7, 11) is 1.49. The van der Waals surface area contributed by atoms with Gasteiger partial charge in [-0.15, -0.1) is 0 Å². The van der Waals surface area contributed by atoms with Crippen LogP contribution in [0.5, 0.6) is 5.75 Å². The molecule has 1 fully saturated rings. The van der Waals surface area contributed by atoms with Crippen LogP contribution in [0.1, 0.15) is 50.2 Å². The van der Waals surface area contributed by atoms with E-state index in [1.54, 1.807) is 13.8 Å². The molecule has 1 saturated heterocycles. The van der Waals surface area contributed by atoms with Crippen LogP contribution in [-0.2, 0) is 25.5 Å². The van der Waals surface area contributed by atoms with E-state index < -0.39 is 59.9 Å². The zero-order valence-corrected chi connectivity index (χ0v) is 23.4. The highest BCUT2D eigenvalue weighted by atomic mass is 16.5. The van der Waals surface area contributed by atoms with E-state index in [0.29, 0.717) is 6.42 Å². The number of nitrogens with zero attached hydrogens (tertiary/aromatic N) is 2. The summed E-state index contributed by atoms with van der Waals surface area (Å²) in [6.07, 6.45) is -0.433. The Morgan fingerprint density at radius 2 is 1.82 bits per heavy atom. The summed E-state index contributed by atoms with van der Waals surface area (Å²) < 4.78 is 5.69. The van der Waals surface area contributed by atoms with Gasteiger partial charge in [0.05, 0.1) is 18.1 Å². The van der Waals surface area contributed by atoms with Crippen LogP contribution in [0.25, 0.3) is 0 Å². The number of aliphatic hydroxyl groups excluding tert-OH is 1. The summed E-state index contributed by atoms with van der Waals surface area (Å²) in [6.45, 7) is 6.68. The molecule has 7 atom stereocenters. The first-order chi connectivity index (χ1) is 19.0. The maximum absolute atomic E-state index is 13.7. The summed E-state index contributed by atoms with van der Waals surface area (Å²) in [4.78, 5) is 58.7. The van der Waals surface area contributed by atoms with Crippen LogP contribution in [0, 0.1) is 11.8 Å². The van der Waals surface area contributed by atoms with Crippen molar-refractivity contribution < 1.29 is 34.1 Å². The number of hydrogen-bond donors (Lipinski definition) is 4. The third kappa shape index (κ3) is 6.95. The van der Waals surface area contributed by atoms with E-state index in [4.69, 9.17) is 4.74 Å². The number of ether oxygens (including phenoxy) is 1. The van der Waals surface area contributed by atoms with Crippen molar-refractivity contribution in [2.24, 2.45) is 11.8 Å². The van der Waals surface area contributed by atoms with Gasteiger partial charge in [0, 0.05) is 13.2 Å². The number of pyridine rings is 1. The number of benzene rings is 1. The molecule has 2 unspecified atom stereocenters. The minimum atomic E-state index is -1.41. The number of esters is 1. The van der Waals surface area contributed by atoms with Crippen molar-refractivity contribution >= 4 is 23.7 Å². The first-order valence-corrected chi connectivity index (χ1v) is 13.4. The molecular formula is C29H38N4O7. The van der Waals surface area contributed by atoms with E-state index in [9.17, 15) is 29.4 Å². The molecule has 3 rings (SSSR count). The average molecular weight is 555 g/mol. The highest BCUT2D eigenvalue weighted by Gasteiger charge is 2.42. The van der Waals surface area contributed by atoms with Gasteiger partial charge >= 0.3 is 5.97 Å². The zero-order chi connectivity index (χ0) is 29.6. The summed E-state index contributed by atoms with van der Waals surface area (Å²) in [5.74, 6) is -4.46. The summed E-state index contributed by atoms with van der Waals surface area (Å²) in [5, 5.41) is 26.8. The maximum atomic E-state index is 13.7. The lowest BCUT2D eigenvalue weighted by molar-refractivity contribution is -0.165. The smallest absolute Gasteiger partial charge is 0.329 e. The van der Waals surface area contributed by atoms with Gasteiger partial charge in [0.15, 0.2) is 5.69 Å². The van der Waals surface area contributed by atoms with Crippen LogP contribution in [0.2, 0.25) is 0 Å². The number of aromatic hydroxyl groups is 1. The van der Waals surface area contributed by atoms with E-state index in [0.717, 1.165) is 5.56 Å². The number of aliphatic hydroxyl groups is 1. The van der Waals surface area contributed by atoms with E-state index in [-0.39, 0.29) is 23.8 Å². The van der Waals surface area contributed by atoms with E-state index in [2.05, 4.69) is 15.6 Å². The summed E-state index contributed by atoms with van der Waals surface area (Å²) in [5.41, 5.74) is 0.500. The molecule has 40 heavy (non-hydrogen) atoms. The molecule has 1 aliphatic heterocycles. The zero-order valence-electron chi connectivity index (χ0n) is 23.4. The molecule has 0 spiro atoms.